The van der Waals surface area contributed by atoms with E-state index in [1.54, 1.807) is 19.1 Å². The lowest BCUT2D eigenvalue weighted by Crippen LogP contribution is -2.14. The maximum absolute atomic E-state index is 13.3. The van der Waals surface area contributed by atoms with E-state index in [0.717, 1.165) is 22.3 Å². The van der Waals surface area contributed by atoms with E-state index in [1.165, 1.54) is 30.1 Å². The van der Waals surface area contributed by atoms with Crippen LogP contribution in [0.25, 0.3) is 27.6 Å². The summed E-state index contributed by atoms with van der Waals surface area (Å²) in [5.41, 5.74) is 2.33. The number of phenols is 1. The average molecular weight is 567 g/mol. The normalized spacial score (nSPS) is 12.1. The molecule has 6 aromatic rings. The third kappa shape index (κ3) is 4.83. The Morgan fingerprint density at radius 1 is 1.05 bits per heavy atom. The molecule has 0 aliphatic heterocycles. The predicted octanol–water partition coefficient (Wildman–Crippen LogP) is 5.28. The van der Waals surface area contributed by atoms with Crippen LogP contribution in [0.2, 0.25) is 0 Å². The fraction of sp³-hybridized carbons (Fsp3) is 0.100. The largest absolute Gasteiger partial charge is 0.507 e. The van der Waals surface area contributed by atoms with Crippen LogP contribution in [0.1, 0.15) is 32.4 Å². The van der Waals surface area contributed by atoms with E-state index < -0.39 is 5.78 Å². The smallest absolute Gasteiger partial charge is 0.258 e. The monoisotopic (exact) mass is 566 g/mol. The Bertz CT molecular complexity index is 2080. The number of ketones is 1. The van der Waals surface area contributed by atoms with Crippen LogP contribution < -0.4 is 15.0 Å². The first-order valence-electron chi connectivity index (χ1n) is 12.4. The minimum absolute atomic E-state index is 0.101. The summed E-state index contributed by atoms with van der Waals surface area (Å²) < 4.78 is 18.3. The molecule has 0 saturated heterocycles. The van der Waals surface area contributed by atoms with Crippen LogP contribution in [0, 0.1) is 13.8 Å². The summed E-state index contributed by atoms with van der Waals surface area (Å²) in [5, 5.41) is 24.8. The van der Waals surface area contributed by atoms with Crippen LogP contribution in [0.3, 0.4) is 0 Å². The van der Waals surface area contributed by atoms with Crippen LogP contribution in [-0.2, 0) is 0 Å². The third-order valence-electron chi connectivity index (χ3n) is 6.33. The van der Waals surface area contributed by atoms with E-state index >= 15 is 0 Å². The minimum atomic E-state index is -0.395. The van der Waals surface area contributed by atoms with Crippen LogP contribution in [0.15, 0.2) is 90.6 Å². The van der Waals surface area contributed by atoms with Gasteiger partial charge in [0.1, 0.15) is 33.8 Å². The van der Waals surface area contributed by atoms with Crippen molar-refractivity contribution in [2.24, 2.45) is 10.2 Å². The molecule has 0 unspecified atom stereocenters. The molecule has 1 N–H and O–H groups in total. The van der Waals surface area contributed by atoms with Gasteiger partial charge in [0.25, 0.3) is 5.78 Å². The maximum Gasteiger partial charge on any atom is 0.258 e. The van der Waals surface area contributed by atoms with Gasteiger partial charge in [-0.3, -0.25) is 9.59 Å². The van der Waals surface area contributed by atoms with Crippen molar-refractivity contribution in [1.29, 1.82) is 0 Å². The fourth-order valence-corrected chi connectivity index (χ4v) is 5.18. The first-order chi connectivity index (χ1) is 19.8. The van der Waals surface area contributed by atoms with Gasteiger partial charge in [-0.2, -0.15) is 10.2 Å². The molecular formula is C30H22N4O6S. The molecule has 3 aromatic heterocycles. The number of nitrogens with zero attached hydrogens (tertiary/aromatic N) is 4. The number of carbonyl (C=O) groups is 1. The van der Waals surface area contributed by atoms with Gasteiger partial charge < -0.3 is 18.7 Å². The highest BCUT2D eigenvalue weighted by atomic mass is 32.1. The number of ether oxygens (including phenoxy) is 1. The number of aromatic hydroxyl groups is 1. The number of fused-ring (bicyclic) bond motifs is 2. The highest BCUT2D eigenvalue weighted by Crippen LogP contribution is 2.34. The van der Waals surface area contributed by atoms with Crippen LogP contribution in [0.5, 0.6) is 11.5 Å². The second-order valence-corrected chi connectivity index (χ2v) is 10.2. The van der Waals surface area contributed by atoms with Gasteiger partial charge in [-0.25, -0.2) is 4.68 Å². The Morgan fingerprint density at radius 2 is 1.83 bits per heavy atom. The summed E-state index contributed by atoms with van der Waals surface area (Å²) in [6.45, 7) is 3.61. The van der Waals surface area contributed by atoms with Crippen molar-refractivity contribution in [3.05, 3.63) is 109 Å². The van der Waals surface area contributed by atoms with Gasteiger partial charge in [0.2, 0.25) is 4.80 Å². The molecule has 204 valence electrons. The third-order valence-corrected chi connectivity index (χ3v) is 7.23. The molecule has 10 nitrogen and oxygen atoms in total. The summed E-state index contributed by atoms with van der Waals surface area (Å²) in [5.74, 6) is 0.0567. The number of furan rings is 1. The van der Waals surface area contributed by atoms with Crippen molar-refractivity contribution in [3.8, 4) is 17.2 Å². The maximum atomic E-state index is 13.3. The quantitative estimate of drug-likeness (QED) is 0.165. The summed E-state index contributed by atoms with van der Waals surface area (Å²) in [7, 11) is 1.38. The van der Waals surface area contributed by atoms with E-state index in [9.17, 15) is 14.7 Å². The highest BCUT2D eigenvalue weighted by Gasteiger charge is 2.21. The molecule has 0 aliphatic carbocycles. The van der Waals surface area contributed by atoms with E-state index in [2.05, 4.69) is 15.3 Å². The fourth-order valence-electron chi connectivity index (χ4n) is 4.37. The molecule has 3 aromatic carbocycles. The van der Waals surface area contributed by atoms with Crippen molar-refractivity contribution >= 4 is 45.3 Å². The SMILES string of the molecule is COc1c(/C=N/N=c2sc(C(=O)c3cc4ccccc4o3)nn2-c2ccc(C)cc2)c(O)cc2oc(C)cc(=O)c12. The molecular weight excluding hydrogens is 544 g/mol. The zero-order valence-electron chi connectivity index (χ0n) is 22.1. The molecule has 6 rings (SSSR count). The molecule has 41 heavy (non-hydrogen) atoms. The van der Waals surface area contributed by atoms with Crippen molar-refractivity contribution in [3.63, 3.8) is 0 Å². The number of aryl methyl sites for hydroxylation is 2. The first-order valence-corrected chi connectivity index (χ1v) is 13.3. The number of rotatable bonds is 6. The molecule has 11 heteroatoms. The lowest BCUT2D eigenvalue weighted by Gasteiger charge is -2.09. The van der Waals surface area contributed by atoms with E-state index in [1.807, 2.05) is 49.4 Å². The Balaban J connectivity index is 1.46. The summed E-state index contributed by atoms with van der Waals surface area (Å²) >= 11 is 1.03. The number of hydrogen-bond acceptors (Lipinski definition) is 10. The molecule has 0 radical (unpaired) electrons. The van der Waals surface area contributed by atoms with Gasteiger partial charge >= 0.3 is 0 Å². The van der Waals surface area contributed by atoms with Gasteiger partial charge in [0.05, 0.1) is 24.6 Å². The molecule has 0 amide bonds. The minimum Gasteiger partial charge on any atom is -0.507 e. The standard InChI is InChI=1S/C30H22N4O6S/c1-16-8-10-19(11-9-16)34-30(41-29(33-34)27(37)25-13-18-6-4-5-7-23(18)40-25)32-31-15-20-21(35)14-24-26(28(20)38-3)22(36)12-17(2)39-24/h4-15,35H,1-3H3/b31-15+,32-30?. The topological polar surface area (TPSA) is 132 Å². The average Bonchev–Trinajstić information content (AvgIpc) is 3.58. The van der Waals surface area contributed by atoms with E-state index in [0.29, 0.717) is 21.8 Å². The zero-order valence-corrected chi connectivity index (χ0v) is 22.9. The number of benzene rings is 3. The Labute approximate surface area is 236 Å². The molecule has 0 spiro atoms. The van der Waals surface area contributed by atoms with Gasteiger partial charge in [-0.15, -0.1) is 5.10 Å². The first kappa shape index (κ1) is 26.0. The number of carbonyl (C=O) groups excluding carboxylic acids is 1. The van der Waals surface area contributed by atoms with Crippen LogP contribution in [-0.4, -0.2) is 34.0 Å². The highest BCUT2D eigenvalue weighted by molar-refractivity contribution is 7.11. The van der Waals surface area contributed by atoms with E-state index in [-0.39, 0.29) is 44.2 Å². The van der Waals surface area contributed by atoms with Gasteiger partial charge in [0, 0.05) is 17.5 Å². The lowest BCUT2D eigenvalue weighted by atomic mass is 10.1. The Hall–Kier alpha value is -5.29. The number of phenolic OH excluding ortho intramolecular Hbond substituents is 1. The number of hydrogen-bond donors (Lipinski definition) is 1. The predicted molar refractivity (Wildman–Crippen MR) is 154 cm³/mol. The summed E-state index contributed by atoms with van der Waals surface area (Å²) in [6.07, 6.45) is 1.27. The van der Waals surface area contributed by atoms with E-state index in [4.69, 9.17) is 13.6 Å². The second-order valence-electron chi connectivity index (χ2n) is 9.20. The molecule has 0 atom stereocenters. The second kappa shape index (κ2) is 10.4. The lowest BCUT2D eigenvalue weighted by molar-refractivity contribution is 0.101. The molecule has 0 bridgehead atoms. The molecule has 0 saturated carbocycles. The Morgan fingerprint density at radius 3 is 2.59 bits per heavy atom. The van der Waals surface area contributed by atoms with Crippen LogP contribution in [0.4, 0.5) is 0 Å². The zero-order chi connectivity index (χ0) is 28.7. The molecule has 3 heterocycles. The van der Waals surface area contributed by atoms with Gasteiger partial charge in [-0.1, -0.05) is 47.2 Å². The van der Waals surface area contributed by atoms with Crippen molar-refractivity contribution in [2.75, 3.05) is 7.11 Å². The number of methoxy groups -OCH3 is 1. The van der Waals surface area contributed by atoms with Crippen molar-refractivity contribution < 1.29 is 23.5 Å². The van der Waals surface area contributed by atoms with Crippen molar-refractivity contribution in [2.45, 2.75) is 13.8 Å². The summed E-state index contributed by atoms with van der Waals surface area (Å²) in [6, 6.07) is 19.2. The Kier molecular flexibility index (Phi) is 6.56. The van der Waals surface area contributed by atoms with Crippen LogP contribution >= 0.6 is 11.3 Å². The van der Waals surface area contributed by atoms with Gasteiger partial charge in [-0.05, 0) is 38.1 Å². The van der Waals surface area contributed by atoms with Crippen molar-refractivity contribution in [1.82, 2.24) is 9.78 Å². The molecule has 0 fully saturated rings. The summed E-state index contributed by atoms with van der Waals surface area (Å²) in [4.78, 5) is 26.3. The molecule has 0 aliphatic rings. The number of para-hydroxylation sites is 1. The van der Waals surface area contributed by atoms with Gasteiger partial charge in [0.15, 0.2) is 16.2 Å². The number of aromatic nitrogens is 2.